The number of methoxy groups -OCH3 is 1. The lowest BCUT2D eigenvalue weighted by atomic mass is 9.72. The molecule has 3 heterocycles. The van der Waals surface area contributed by atoms with Crippen molar-refractivity contribution in [3.05, 3.63) is 78.5 Å². The number of nitrogens with zero attached hydrogens (tertiary/aromatic N) is 2. The number of ether oxygens (including phenoxy) is 1. The molecule has 5 rings (SSSR count). The molecule has 7 heteroatoms. The summed E-state index contributed by atoms with van der Waals surface area (Å²) in [5.74, 6) is 1.22. The Kier molecular flexibility index (Phi) is 5.53. The van der Waals surface area contributed by atoms with E-state index in [2.05, 4.69) is 10.6 Å². The molecular formula is C27H26N4O3. The average Bonchev–Trinajstić information content (AvgIpc) is 3.23. The summed E-state index contributed by atoms with van der Waals surface area (Å²) in [6.07, 6.45) is 3.48. The summed E-state index contributed by atoms with van der Waals surface area (Å²) >= 11 is 0. The van der Waals surface area contributed by atoms with Gasteiger partial charge in [0.25, 0.3) is 0 Å². The van der Waals surface area contributed by atoms with E-state index in [1.165, 1.54) is 0 Å². The Morgan fingerprint density at radius 3 is 2.50 bits per heavy atom. The molecule has 1 fully saturated rings. The normalized spacial score (nSPS) is 18.1. The number of imide groups is 1. The molecule has 0 aliphatic carbocycles. The van der Waals surface area contributed by atoms with Gasteiger partial charge in [-0.2, -0.15) is 0 Å². The van der Waals surface area contributed by atoms with Gasteiger partial charge in [0.05, 0.1) is 12.5 Å². The second-order valence-electron chi connectivity index (χ2n) is 8.48. The van der Waals surface area contributed by atoms with E-state index >= 15 is 0 Å². The largest absolute Gasteiger partial charge is 0.497 e. The zero-order valence-corrected chi connectivity index (χ0v) is 19.2. The highest BCUT2D eigenvalue weighted by atomic mass is 16.5. The summed E-state index contributed by atoms with van der Waals surface area (Å²) in [6, 6.07) is 21.6. The molecule has 0 unspecified atom stereocenters. The van der Waals surface area contributed by atoms with Crippen LogP contribution in [0.1, 0.15) is 31.7 Å². The Morgan fingerprint density at radius 2 is 1.82 bits per heavy atom. The van der Waals surface area contributed by atoms with Crippen molar-refractivity contribution in [2.45, 2.75) is 31.6 Å². The van der Waals surface area contributed by atoms with E-state index in [1.807, 2.05) is 84.3 Å². The lowest BCUT2D eigenvalue weighted by Gasteiger charge is -2.35. The van der Waals surface area contributed by atoms with Crippen molar-refractivity contribution in [3.63, 3.8) is 0 Å². The fourth-order valence-corrected chi connectivity index (χ4v) is 4.64. The van der Waals surface area contributed by atoms with Gasteiger partial charge in [0.2, 0.25) is 11.8 Å². The lowest BCUT2D eigenvalue weighted by molar-refractivity contribution is -0.138. The molecule has 2 amide bonds. The SMILES string of the molecule is CC[C@]1(c2ccc(Nc3c(-c4ccc(OC)cc4)nc4ccccn34)cc2)CCC(=O)NC1=O. The second-order valence-corrected chi connectivity index (χ2v) is 8.48. The van der Waals surface area contributed by atoms with Crippen molar-refractivity contribution in [2.75, 3.05) is 12.4 Å². The summed E-state index contributed by atoms with van der Waals surface area (Å²) < 4.78 is 7.31. The number of fused-ring (bicyclic) bond motifs is 1. The molecule has 2 N–H and O–H groups in total. The van der Waals surface area contributed by atoms with Crippen molar-refractivity contribution in [2.24, 2.45) is 0 Å². The van der Waals surface area contributed by atoms with Crippen molar-refractivity contribution in [3.8, 4) is 17.0 Å². The van der Waals surface area contributed by atoms with Gasteiger partial charge in [-0.25, -0.2) is 4.98 Å². The van der Waals surface area contributed by atoms with Crippen LogP contribution in [0.2, 0.25) is 0 Å². The first-order valence-electron chi connectivity index (χ1n) is 11.4. The fourth-order valence-electron chi connectivity index (χ4n) is 4.64. The van der Waals surface area contributed by atoms with Crippen LogP contribution < -0.4 is 15.4 Å². The number of aromatic nitrogens is 2. The zero-order valence-electron chi connectivity index (χ0n) is 19.2. The van der Waals surface area contributed by atoms with Crippen LogP contribution in [0.15, 0.2) is 72.9 Å². The molecule has 2 aromatic heterocycles. The van der Waals surface area contributed by atoms with Crippen LogP contribution in [0, 0.1) is 0 Å². The number of imidazole rings is 1. The maximum absolute atomic E-state index is 12.7. The molecule has 7 nitrogen and oxygen atoms in total. The van der Waals surface area contributed by atoms with Gasteiger partial charge in [-0.3, -0.25) is 19.3 Å². The third-order valence-corrected chi connectivity index (χ3v) is 6.66. The zero-order chi connectivity index (χ0) is 23.7. The van der Waals surface area contributed by atoms with Crippen molar-refractivity contribution < 1.29 is 14.3 Å². The highest BCUT2D eigenvalue weighted by Gasteiger charge is 2.42. The Morgan fingerprint density at radius 1 is 1.06 bits per heavy atom. The Bertz CT molecular complexity index is 1360. The molecule has 4 aromatic rings. The number of piperidine rings is 1. The number of carbonyl (C=O) groups excluding carboxylic acids is 2. The summed E-state index contributed by atoms with van der Waals surface area (Å²) in [5, 5.41) is 6.03. The van der Waals surface area contributed by atoms with E-state index in [9.17, 15) is 9.59 Å². The highest BCUT2D eigenvalue weighted by Crippen LogP contribution is 2.37. The number of anilines is 2. The van der Waals surface area contributed by atoms with Gasteiger partial charge in [0.1, 0.15) is 22.9 Å². The smallest absolute Gasteiger partial charge is 0.237 e. The fraction of sp³-hybridized carbons (Fsp3) is 0.222. The van der Waals surface area contributed by atoms with E-state index in [1.54, 1.807) is 7.11 Å². The van der Waals surface area contributed by atoms with E-state index in [0.717, 1.165) is 39.7 Å². The van der Waals surface area contributed by atoms with E-state index in [4.69, 9.17) is 9.72 Å². The molecule has 0 bridgehead atoms. The van der Waals surface area contributed by atoms with Crippen LogP contribution in [-0.2, 0) is 15.0 Å². The molecule has 1 atom stereocenters. The van der Waals surface area contributed by atoms with E-state index < -0.39 is 5.41 Å². The minimum absolute atomic E-state index is 0.203. The van der Waals surface area contributed by atoms with Gasteiger partial charge < -0.3 is 10.1 Å². The van der Waals surface area contributed by atoms with Gasteiger partial charge in [-0.15, -0.1) is 0 Å². The van der Waals surface area contributed by atoms with Gasteiger partial charge in [-0.05, 0) is 66.9 Å². The molecule has 2 aromatic carbocycles. The van der Waals surface area contributed by atoms with Gasteiger partial charge in [0.15, 0.2) is 0 Å². The molecule has 1 aliphatic heterocycles. The third kappa shape index (κ3) is 3.69. The van der Waals surface area contributed by atoms with Crippen LogP contribution in [0.25, 0.3) is 16.9 Å². The summed E-state index contributed by atoms with van der Waals surface area (Å²) in [4.78, 5) is 29.2. The van der Waals surface area contributed by atoms with Crippen LogP contribution >= 0.6 is 0 Å². The molecule has 0 spiro atoms. The number of pyridine rings is 1. The van der Waals surface area contributed by atoms with Crippen LogP contribution in [0.5, 0.6) is 5.75 Å². The Hall–Kier alpha value is -4.13. The van der Waals surface area contributed by atoms with Crippen LogP contribution in [0.3, 0.4) is 0 Å². The van der Waals surface area contributed by atoms with E-state index in [0.29, 0.717) is 19.3 Å². The molecule has 1 aliphatic rings. The number of rotatable bonds is 6. The number of benzene rings is 2. The minimum atomic E-state index is -0.677. The predicted molar refractivity (Wildman–Crippen MR) is 131 cm³/mol. The quantitative estimate of drug-likeness (QED) is 0.407. The summed E-state index contributed by atoms with van der Waals surface area (Å²) in [7, 11) is 1.65. The number of nitrogens with one attached hydrogen (secondary N) is 2. The van der Waals surface area contributed by atoms with Gasteiger partial charge >= 0.3 is 0 Å². The Labute approximate surface area is 197 Å². The lowest BCUT2D eigenvalue weighted by Crippen LogP contribution is -2.51. The topological polar surface area (TPSA) is 84.7 Å². The number of hydrogen-bond donors (Lipinski definition) is 2. The predicted octanol–water partition coefficient (Wildman–Crippen LogP) is 4.84. The molecule has 0 radical (unpaired) electrons. The standard InChI is InChI=1S/C27H26N4O3/c1-3-27(16-15-23(32)30-26(27)33)19-9-11-20(12-10-19)28-25-24(18-7-13-21(34-2)14-8-18)29-22-6-4-5-17-31(22)25/h4-14,17,28H,3,15-16H2,1-2H3,(H,30,32,33)/t27-/m1/s1. The average molecular weight is 455 g/mol. The van der Waals surface area contributed by atoms with Crippen molar-refractivity contribution in [1.82, 2.24) is 14.7 Å². The van der Waals surface area contributed by atoms with Crippen LogP contribution in [0.4, 0.5) is 11.5 Å². The minimum Gasteiger partial charge on any atom is -0.497 e. The monoisotopic (exact) mass is 454 g/mol. The molecule has 172 valence electrons. The maximum Gasteiger partial charge on any atom is 0.237 e. The Balaban J connectivity index is 1.50. The maximum atomic E-state index is 12.7. The first-order chi connectivity index (χ1) is 16.5. The van der Waals surface area contributed by atoms with Gasteiger partial charge in [0, 0.05) is 23.9 Å². The van der Waals surface area contributed by atoms with Gasteiger partial charge in [-0.1, -0.05) is 25.1 Å². The molecule has 1 saturated heterocycles. The summed E-state index contributed by atoms with van der Waals surface area (Å²) in [5.41, 5.74) is 3.75. The second kappa shape index (κ2) is 8.67. The highest BCUT2D eigenvalue weighted by molar-refractivity contribution is 6.03. The van der Waals surface area contributed by atoms with Crippen molar-refractivity contribution >= 4 is 29.0 Å². The number of hydrogen-bond acceptors (Lipinski definition) is 5. The van der Waals surface area contributed by atoms with Crippen molar-refractivity contribution in [1.29, 1.82) is 0 Å². The molecule has 0 saturated carbocycles. The molecular weight excluding hydrogens is 428 g/mol. The third-order valence-electron chi connectivity index (χ3n) is 6.66. The van der Waals surface area contributed by atoms with Crippen LogP contribution in [-0.4, -0.2) is 28.3 Å². The molecule has 34 heavy (non-hydrogen) atoms. The first-order valence-corrected chi connectivity index (χ1v) is 11.4. The first kappa shape index (κ1) is 21.7. The van der Waals surface area contributed by atoms with E-state index in [-0.39, 0.29) is 11.8 Å². The summed E-state index contributed by atoms with van der Waals surface area (Å²) in [6.45, 7) is 1.99. The number of amides is 2. The number of carbonyl (C=O) groups is 2.